The van der Waals surface area contributed by atoms with Gasteiger partial charge in [-0.15, -0.1) is 0 Å². The number of hydrogen-bond donors (Lipinski definition) is 0. The van der Waals surface area contributed by atoms with Gasteiger partial charge in [-0.25, -0.2) is 4.79 Å². The number of rotatable bonds is 3. The maximum atomic E-state index is 12.6. The van der Waals surface area contributed by atoms with E-state index in [0.717, 1.165) is 35.0 Å². The number of hydrogen-bond acceptors (Lipinski definition) is 4. The van der Waals surface area contributed by atoms with Gasteiger partial charge in [-0.1, -0.05) is 28.1 Å². The highest BCUT2D eigenvalue weighted by atomic mass is 79.9. The van der Waals surface area contributed by atoms with E-state index in [1.807, 2.05) is 18.3 Å². The number of benzene rings is 1. The summed E-state index contributed by atoms with van der Waals surface area (Å²) in [5.41, 5.74) is 3.37. The maximum Gasteiger partial charge on any atom is 0.415 e. The first kappa shape index (κ1) is 17.0. The molecule has 132 valence electrons. The largest absolute Gasteiger partial charge is 0.415 e. The molecular weight excluding hydrogens is 394 g/mol. The van der Waals surface area contributed by atoms with Crippen molar-refractivity contribution in [1.82, 2.24) is 9.88 Å². The Kier molecular flexibility index (Phi) is 4.84. The van der Waals surface area contributed by atoms with Crippen molar-refractivity contribution in [3.8, 4) is 5.75 Å². The van der Waals surface area contributed by atoms with Crippen molar-refractivity contribution in [3.63, 3.8) is 0 Å². The van der Waals surface area contributed by atoms with E-state index in [9.17, 15) is 4.79 Å². The summed E-state index contributed by atoms with van der Waals surface area (Å²) in [5.74, 6) is 0.463. The minimum Gasteiger partial charge on any atom is -0.409 e. The number of amides is 1. The van der Waals surface area contributed by atoms with Gasteiger partial charge in [0.05, 0.1) is 12.2 Å². The predicted molar refractivity (Wildman–Crippen MR) is 104 cm³/mol. The number of pyridine rings is 1. The summed E-state index contributed by atoms with van der Waals surface area (Å²) in [6.45, 7) is 0.691. The first-order valence-corrected chi connectivity index (χ1v) is 9.40. The lowest BCUT2D eigenvalue weighted by Crippen LogP contribution is -2.41. The molecule has 4 rings (SSSR count). The highest BCUT2D eigenvalue weighted by Crippen LogP contribution is 2.30. The van der Waals surface area contributed by atoms with Gasteiger partial charge in [0.15, 0.2) is 5.75 Å². The van der Waals surface area contributed by atoms with Crippen LogP contribution in [0.5, 0.6) is 5.75 Å². The van der Waals surface area contributed by atoms with Crippen LogP contribution in [0, 0.1) is 0 Å². The highest BCUT2D eigenvalue weighted by molar-refractivity contribution is 9.10. The van der Waals surface area contributed by atoms with Crippen molar-refractivity contribution >= 4 is 33.3 Å². The van der Waals surface area contributed by atoms with Gasteiger partial charge in [0.2, 0.25) is 0 Å². The van der Waals surface area contributed by atoms with E-state index in [1.54, 1.807) is 29.4 Å². The number of aliphatic imine (C=N–C) groups is 1. The fourth-order valence-electron chi connectivity index (χ4n) is 3.39. The van der Waals surface area contributed by atoms with Gasteiger partial charge in [-0.05, 0) is 48.2 Å². The minimum absolute atomic E-state index is 0.00312. The molecule has 6 heteroatoms. The van der Waals surface area contributed by atoms with E-state index in [2.05, 4.69) is 38.0 Å². The molecule has 2 aliphatic rings. The van der Waals surface area contributed by atoms with Crippen LogP contribution >= 0.6 is 15.9 Å². The molecule has 3 heterocycles. The Morgan fingerprint density at radius 2 is 2.08 bits per heavy atom. The molecule has 0 unspecified atom stereocenters. The molecule has 0 bridgehead atoms. The summed E-state index contributed by atoms with van der Waals surface area (Å²) in [6.07, 6.45) is 7.43. The zero-order valence-corrected chi connectivity index (χ0v) is 15.7. The smallest absolute Gasteiger partial charge is 0.409 e. The second-order valence-electron chi connectivity index (χ2n) is 6.37. The summed E-state index contributed by atoms with van der Waals surface area (Å²) in [6, 6.07) is 11.7. The average Bonchev–Trinajstić information content (AvgIpc) is 3.32. The molecule has 2 aromatic rings. The highest BCUT2D eigenvalue weighted by Gasteiger charge is 2.35. The van der Waals surface area contributed by atoms with E-state index in [4.69, 9.17) is 4.74 Å². The van der Waals surface area contributed by atoms with E-state index in [-0.39, 0.29) is 12.1 Å². The molecular formula is C20H18BrN3O2. The summed E-state index contributed by atoms with van der Waals surface area (Å²) >= 11 is 3.46. The van der Waals surface area contributed by atoms with Crippen LogP contribution in [0.15, 0.2) is 64.5 Å². The minimum atomic E-state index is -0.333. The third-order valence-electron chi connectivity index (χ3n) is 4.68. The van der Waals surface area contributed by atoms with Gasteiger partial charge in [0, 0.05) is 35.5 Å². The van der Waals surface area contributed by atoms with E-state index in [0.29, 0.717) is 12.3 Å². The fraction of sp³-hybridized carbons (Fsp3) is 0.250. The lowest BCUT2D eigenvalue weighted by molar-refractivity contribution is 0.156. The van der Waals surface area contributed by atoms with Crippen LogP contribution in [-0.4, -0.2) is 34.3 Å². The van der Waals surface area contributed by atoms with Gasteiger partial charge in [-0.3, -0.25) is 14.9 Å². The van der Waals surface area contributed by atoms with Crippen molar-refractivity contribution in [2.45, 2.75) is 25.3 Å². The molecule has 1 amide bonds. The fourth-order valence-corrected chi connectivity index (χ4v) is 3.65. The van der Waals surface area contributed by atoms with Crippen molar-refractivity contribution in [2.24, 2.45) is 4.99 Å². The Hall–Kier alpha value is -2.47. The van der Waals surface area contributed by atoms with E-state index < -0.39 is 0 Å². The van der Waals surface area contributed by atoms with Crippen LogP contribution in [0.25, 0.3) is 5.57 Å². The van der Waals surface area contributed by atoms with E-state index >= 15 is 0 Å². The molecule has 0 saturated carbocycles. The number of likely N-dealkylation sites (tertiary alicyclic amines) is 1. The Morgan fingerprint density at radius 1 is 1.23 bits per heavy atom. The monoisotopic (exact) mass is 411 g/mol. The number of nitrogens with zero attached hydrogens (tertiary/aromatic N) is 3. The molecule has 1 aromatic heterocycles. The molecule has 1 atom stereocenters. The lowest BCUT2D eigenvalue weighted by Gasteiger charge is -2.24. The van der Waals surface area contributed by atoms with Crippen molar-refractivity contribution in [2.75, 3.05) is 6.54 Å². The molecule has 1 saturated heterocycles. The van der Waals surface area contributed by atoms with Crippen LogP contribution in [0.2, 0.25) is 0 Å². The van der Waals surface area contributed by atoms with Crippen molar-refractivity contribution in [3.05, 3.63) is 65.0 Å². The number of allylic oxidation sites excluding steroid dienone is 1. The Bertz CT molecular complexity index is 862. The van der Waals surface area contributed by atoms with Crippen LogP contribution in [-0.2, 0) is 0 Å². The summed E-state index contributed by atoms with van der Waals surface area (Å²) in [7, 11) is 0. The average molecular weight is 412 g/mol. The Morgan fingerprint density at radius 3 is 2.85 bits per heavy atom. The third-order valence-corrected chi connectivity index (χ3v) is 5.21. The zero-order valence-electron chi connectivity index (χ0n) is 14.1. The molecule has 5 nitrogen and oxygen atoms in total. The Labute approximate surface area is 160 Å². The summed E-state index contributed by atoms with van der Waals surface area (Å²) in [5, 5.41) is 0. The number of carbonyl (C=O) groups is 1. The molecule has 0 N–H and O–H groups in total. The second kappa shape index (κ2) is 7.41. The van der Waals surface area contributed by atoms with Gasteiger partial charge >= 0.3 is 6.09 Å². The SMILES string of the molecule is O=C(Oc1cccnc1)N1CCC[C@H]1C1=NC=C(c2ccc(Br)cc2)C1. The first-order valence-electron chi connectivity index (χ1n) is 8.61. The lowest BCUT2D eigenvalue weighted by atomic mass is 9.99. The van der Waals surface area contributed by atoms with Gasteiger partial charge in [-0.2, -0.15) is 0 Å². The van der Waals surface area contributed by atoms with Gasteiger partial charge in [0.1, 0.15) is 0 Å². The topological polar surface area (TPSA) is 54.8 Å². The van der Waals surface area contributed by atoms with Crippen molar-refractivity contribution in [1.29, 1.82) is 0 Å². The van der Waals surface area contributed by atoms with Crippen LogP contribution in [0.3, 0.4) is 0 Å². The molecule has 0 aliphatic carbocycles. The first-order chi connectivity index (χ1) is 12.7. The number of halogens is 1. The molecule has 0 radical (unpaired) electrons. The second-order valence-corrected chi connectivity index (χ2v) is 7.28. The molecule has 26 heavy (non-hydrogen) atoms. The Balaban J connectivity index is 1.43. The maximum absolute atomic E-state index is 12.6. The molecule has 0 spiro atoms. The van der Waals surface area contributed by atoms with Crippen LogP contribution in [0.1, 0.15) is 24.8 Å². The molecule has 2 aliphatic heterocycles. The number of aromatic nitrogens is 1. The van der Waals surface area contributed by atoms with Crippen molar-refractivity contribution < 1.29 is 9.53 Å². The van der Waals surface area contributed by atoms with E-state index in [1.165, 1.54) is 5.57 Å². The summed E-state index contributed by atoms with van der Waals surface area (Å²) < 4.78 is 6.52. The van der Waals surface area contributed by atoms with Crippen LogP contribution < -0.4 is 4.74 Å². The quantitative estimate of drug-likeness (QED) is 0.735. The van der Waals surface area contributed by atoms with Gasteiger partial charge < -0.3 is 4.74 Å². The van der Waals surface area contributed by atoms with Crippen LogP contribution in [0.4, 0.5) is 4.79 Å². The molecule has 1 aromatic carbocycles. The summed E-state index contributed by atoms with van der Waals surface area (Å²) in [4.78, 5) is 22.9. The normalized spacial score (nSPS) is 19.3. The predicted octanol–water partition coefficient (Wildman–Crippen LogP) is 4.69. The number of ether oxygens (including phenoxy) is 1. The zero-order chi connectivity index (χ0) is 17.9. The number of carbonyl (C=O) groups excluding carboxylic acids is 1. The molecule has 1 fully saturated rings. The third kappa shape index (κ3) is 3.55. The van der Waals surface area contributed by atoms with Gasteiger partial charge in [0.25, 0.3) is 0 Å². The standard InChI is InChI=1S/C20H18BrN3O2/c21-16-7-5-14(6-8-16)15-11-18(23-12-15)19-4-2-10-24(19)20(25)26-17-3-1-9-22-13-17/h1,3,5-9,12-13,19H,2,4,10-11H2/t19-/m0/s1.